The minimum atomic E-state index is -0.0998. The number of aryl methyl sites for hydroxylation is 1. The summed E-state index contributed by atoms with van der Waals surface area (Å²) in [5, 5.41) is 3.20. The number of rotatable bonds is 6. The van der Waals surface area contributed by atoms with Crippen LogP contribution in [-0.4, -0.2) is 50.8 Å². The van der Waals surface area contributed by atoms with E-state index >= 15 is 0 Å². The lowest BCUT2D eigenvalue weighted by molar-refractivity contribution is 0.0332. The Labute approximate surface area is 168 Å². The summed E-state index contributed by atoms with van der Waals surface area (Å²) in [6.07, 6.45) is 0. The molecule has 0 radical (unpaired) electrons. The summed E-state index contributed by atoms with van der Waals surface area (Å²) >= 11 is 3.45. The van der Waals surface area contributed by atoms with Gasteiger partial charge in [0.15, 0.2) is 0 Å². The molecule has 6 heteroatoms. The summed E-state index contributed by atoms with van der Waals surface area (Å²) in [7, 11) is 1.61. The molecule has 1 heterocycles. The first-order chi connectivity index (χ1) is 13.1. The van der Waals surface area contributed by atoms with Gasteiger partial charge in [0.1, 0.15) is 5.75 Å². The lowest BCUT2D eigenvalue weighted by atomic mass is 10.0. The van der Waals surface area contributed by atoms with Crippen molar-refractivity contribution < 1.29 is 14.3 Å². The average Bonchev–Trinajstić information content (AvgIpc) is 2.68. The Morgan fingerprint density at radius 2 is 1.93 bits per heavy atom. The second kappa shape index (κ2) is 9.35. The Kier molecular flexibility index (Phi) is 6.88. The van der Waals surface area contributed by atoms with E-state index in [9.17, 15) is 4.79 Å². The molecule has 144 valence electrons. The molecule has 1 amide bonds. The number of hydrogen-bond donors (Lipinski definition) is 1. The van der Waals surface area contributed by atoms with Gasteiger partial charge in [0.05, 0.1) is 30.8 Å². The smallest absolute Gasteiger partial charge is 0.251 e. The van der Waals surface area contributed by atoms with Gasteiger partial charge in [-0.3, -0.25) is 9.69 Å². The molecule has 0 spiro atoms. The van der Waals surface area contributed by atoms with Crippen molar-refractivity contribution in [3.8, 4) is 5.75 Å². The highest BCUT2D eigenvalue weighted by Gasteiger charge is 2.21. The number of halogens is 1. The number of nitrogens with one attached hydrogen (secondary N) is 1. The molecule has 1 saturated heterocycles. The maximum absolute atomic E-state index is 12.9. The minimum absolute atomic E-state index is 0.0860. The number of amides is 1. The average molecular weight is 433 g/mol. The monoisotopic (exact) mass is 432 g/mol. The second-order valence-electron chi connectivity index (χ2n) is 6.70. The molecular weight excluding hydrogens is 408 g/mol. The minimum Gasteiger partial charge on any atom is -0.496 e. The van der Waals surface area contributed by atoms with Gasteiger partial charge in [0.25, 0.3) is 5.91 Å². The first kappa shape index (κ1) is 19.9. The number of hydrogen-bond acceptors (Lipinski definition) is 4. The van der Waals surface area contributed by atoms with E-state index in [0.29, 0.717) is 11.3 Å². The summed E-state index contributed by atoms with van der Waals surface area (Å²) in [5.41, 5.74) is 2.91. The van der Waals surface area contributed by atoms with E-state index in [0.717, 1.165) is 42.9 Å². The molecule has 1 aliphatic rings. The quantitative estimate of drug-likeness (QED) is 0.757. The number of ether oxygens (including phenoxy) is 2. The molecule has 0 saturated carbocycles. The molecule has 1 N–H and O–H groups in total. The summed E-state index contributed by atoms with van der Waals surface area (Å²) < 4.78 is 11.4. The molecule has 3 rings (SSSR count). The zero-order valence-electron chi connectivity index (χ0n) is 15.7. The van der Waals surface area contributed by atoms with Crippen LogP contribution < -0.4 is 10.1 Å². The first-order valence-corrected chi connectivity index (χ1v) is 9.87. The van der Waals surface area contributed by atoms with Crippen LogP contribution >= 0.6 is 15.9 Å². The third kappa shape index (κ3) is 5.31. The molecule has 5 nitrogen and oxygen atoms in total. The van der Waals surface area contributed by atoms with Crippen molar-refractivity contribution in [2.45, 2.75) is 13.0 Å². The topological polar surface area (TPSA) is 50.8 Å². The van der Waals surface area contributed by atoms with Gasteiger partial charge in [-0.1, -0.05) is 29.8 Å². The number of carbonyl (C=O) groups excluding carboxylic acids is 1. The van der Waals surface area contributed by atoms with Gasteiger partial charge in [0, 0.05) is 25.2 Å². The fraction of sp³-hybridized carbons (Fsp3) is 0.381. The molecule has 0 aliphatic carbocycles. The van der Waals surface area contributed by atoms with Crippen LogP contribution in [-0.2, 0) is 4.74 Å². The van der Waals surface area contributed by atoms with Crippen LogP contribution in [0.3, 0.4) is 0 Å². The molecule has 0 aromatic heterocycles. The standard InChI is InChI=1S/C21H25BrN2O3/c1-15-3-5-16(6-4-15)19(14-24-9-11-27-12-10-24)23-21(25)17-7-8-20(26-2)18(22)13-17/h3-8,13,19H,9-12,14H2,1-2H3,(H,23,25)/t19-/m0/s1. The number of methoxy groups -OCH3 is 1. The van der Waals surface area contributed by atoms with Gasteiger partial charge in [-0.25, -0.2) is 0 Å². The summed E-state index contributed by atoms with van der Waals surface area (Å²) in [6, 6.07) is 13.6. The Morgan fingerprint density at radius 1 is 1.22 bits per heavy atom. The van der Waals surface area contributed by atoms with E-state index in [-0.39, 0.29) is 11.9 Å². The molecule has 1 fully saturated rings. The van der Waals surface area contributed by atoms with Crippen LogP contribution in [0.1, 0.15) is 27.5 Å². The van der Waals surface area contributed by atoms with Crippen molar-refractivity contribution in [2.24, 2.45) is 0 Å². The molecule has 27 heavy (non-hydrogen) atoms. The summed E-state index contributed by atoms with van der Waals surface area (Å²) in [6.45, 7) is 6.06. The Morgan fingerprint density at radius 3 is 2.56 bits per heavy atom. The van der Waals surface area contributed by atoms with Gasteiger partial charge in [-0.15, -0.1) is 0 Å². The van der Waals surface area contributed by atoms with E-state index in [2.05, 4.69) is 57.3 Å². The van der Waals surface area contributed by atoms with Gasteiger partial charge in [0.2, 0.25) is 0 Å². The third-order valence-electron chi connectivity index (χ3n) is 4.74. The Bertz CT molecular complexity index is 773. The molecule has 2 aromatic rings. The van der Waals surface area contributed by atoms with Crippen LogP contribution in [0.25, 0.3) is 0 Å². The van der Waals surface area contributed by atoms with Crippen LogP contribution in [0.5, 0.6) is 5.75 Å². The van der Waals surface area contributed by atoms with Gasteiger partial charge < -0.3 is 14.8 Å². The lowest BCUT2D eigenvalue weighted by Crippen LogP contribution is -2.43. The molecule has 0 unspecified atom stereocenters. The van der Waals surface area contributed by atoms with Crippen molar-refractivity contribution in [2.75, 3.05) is 40.0 Å². The molecule has 2 aromatic carbocycles. The Balaban J connectivity index is 1.78. The number of carbonyl (C=O) groups is 1. The molecule has 0 bridgehead atoms. The largest absolute Gasteiger partial charge is 0.496 e. The zero-order chi connectivity index (χ0) is 19.2. The maximum Gasteiger partial charge on any atom is 0.251 e. The molecule has 1 atom stereocenters. The molecule has 1 aliphatic heterocycles. The second-order valence-corrected chi connectivity index (χ2v) is 7.55. The zero-order valence-corrected chi connectivity index (χ0v) is 17.3. The van der Waals surface area contributed by atoms with Gasteiger partial charge in [-0.2, -0.15) is 0 Å². The highest BCUT2D eigenvalue weighted by molar-refractivity contribution is 9.10. The van der Waals surface area contributed by atoms with Crippen molar-refractivity contribution in [3.05, 3.63) is 63.6 Å². The number of nitrogens with zero attached hydrogens (tertiary/aromatic N) is 1. The Hall–Kier alpha value is -1.89. The number of benzene rings is 2. The third-order valence-corrected chi connectivity index (χ3v) is 5.36. The highest BCUT2D eigenvalue weighted by atomic mass is 79.9. The normalized spacial score (nSPS) is 16.0. The van der Waals surface area contributed by atoms with Gasteiger partial charge in [-0.05, 0) is 46.6 Å². The number of morpholine rings is 1. The fourth-order valence-corrected chi connectivity index (χ4v) is 3.66. The van der Waals surface area contributed by atoms with Crippen LogP contribution in [0, 0.1) is 6.92 Å². The predicted molar refractivity (Wildman–Crippen MR) is 109 cm³/mol. The summed E-state index contributed by atoms with van der Waals surface area (Å²) in [5.74, 6) is 0.604. The van der Waals surface area contributed by atoms with Crippen molar-refractivity contribution in [1.82, 2.24) is 10.2 Å². The van der Waals surface area contributed by atoms with Crippen LogP contribution in [0.2, 0.25) is 0 Å². The van der Waals surface area contributed by atoms with Crippen molar-refractivity contribution >= 4 is 21.8 Å². The van der Waals surface area contributed by atoms with Crippen molar-refractivity contribution in [3.63, 3.8) is 0 Å². The fourth-order valence-electron chi connectivity index (χ4n) is 3.12. The van der Waals surface area contributed by atoms with E-state index in [1.165, 1.54) is 5.56 Å². The lowest BCUT2D eigenvalue weighted by Gasteiger charge is -2.31. The maximum atomic E-state index is 12.9. The highest BCUT2D eigenvalue weighted by Crippen LogP contribution is 2.26. The van der Waals surface area contributed by atoms with Crippen LogP contribution in [0.4, 0.5) is 0 Å². The van der Waals surface area contributed by atoms with Crippen molar-refractivity contribution in [1.29, 1.82) is 0 Å². The van der Waals surface area contributed by atoms with Gasteiger partial charge >= 0.3 is 0 Å². The summed E-state index contributed by atoms with van der Waals surface area (Å²) in [4.78, 5) is 15.2. The van der Waals surface area contributed by atoms with E-state index in [1.54, 1.807) is 25.3 Å². The first-order valence-electron chi connectivity index (χ1n) is 9.08. The van der Waals surface area contributed by atoms with E-state index < -0.39 is 0 Å². The SMILES string of the molecule is COc1ccc(C(=O)N[C@@H](CN2CCOCC2)c2ccc(C)cc2)cc1Br. The van der Waals surface area contributed by atoms with Crippen LogP contribution in [0.15, 0.2) is 46.9 Å². The van der Waals surface area contributed by atoms with E-state index in [1.807, 2.05) is 0 Å². The van der Waals surface area contributed by atoms with E-state index in [4.69, 9.17) is 9.47 Å². The predicted octanol–water partition coefficient (Wildman–Crippen LogP) is 3.57. The molecular formula is C21H25BrN2O3.